The fourth-order valence-electron chi connectivity index (χ4n) is 0.458. The van der Waals surface area contributed by atoms with Gasteiger partial charge in [-0.25, -0.2) is 0 Å². The van der Waals surface area contributed by atoms with Crippen molar-refractivity contribution in [3.63, 3.8) is 0 Å². The zero-order valence-corrected chi connectivity index (χ0v) is 8.09. The predicted octanol–water partition coefficient (Wildman–Crippen LogP) is 1.62. The highest BCUT2D eigenvalue weighted by molar-refractivity contribution is 6.87. The van der Waals surface area contributed by atoms with Crippen LogP contribution in [0.5, 0.6) is 0 Å². The van der Waals surface area contributed by atoms with Crippen LogP contribution in [0.4, 0.5) is 0 Å². The lowest BCUT2D eigenvalue weighted by atomic mass is 10.8. The first-order valence-corrected chi connectivity index (χ1v) is 6.31. The minimum Gasteiger partial charge on any atom is -0.469 e. The molecule has 62 valence electrons. The quantitative estimate of drug-likeness (QED) is 0.473. The van der Waals surface area contributed by atoms with Crippen molar-refractivity contribution in [2.75, 3.05) is 6.23 Å². The molecule has 0 atom stereocenters. The molecule has 0 aromatic rings. The number of hydrogen-bond donors (Lipinski definition) is 0. The molecule has 0 saturated carbocycles. The van der Waals surface area contributed by atoms with Crippen molar-refractivity contribution >= 4 is 14.0 Å². The molecule has 0 N–H and O–H groups in total. The smallest absolute Gasteiger partial charge is 0.302 e. The molecular weight excluding hydrogens is 156 g/mol. The van der Waals surface area contributed by atoms with Gasteiger partial charge < -0.3 is 4.74 Å². The largest absolute Gasteiger partial charge is 0.469 e. The maximum atomic E-state index is 10.5. The number of hydrogen-bond acceptors (Lipinski definition) is 2. The average Bonchev–Trinajstić information content (AvgIpc) is 2.00. The number of esters is 1. The number of ether oxygens (including phenoxy) is 1. The molecule has 0 amide bonds. The van der Waals surface area contributed by atoms with Gasteiger partial charge in [-0.05, 0) is 0 Å². The minimum atomic E-state index is -1.68. The van der Waals surface area contributed by atoms with Gasteiger partial charge in [0.25, 0.3) is 0 Å². The summed E-state index contributed by atoms with van der Waals surface area (Å²) in [6.45, 7) is 10.8. The SMILES string of the molecule is C=C[Si](C)(C=C)COC(C)=O. The van der Waals surface area contributed by atoms with Gasteiger partial charge in [0.05, 0.1) is 6.23 Å². The van der Waals surface area contributed by atoms with Gasteiger partial charge in [0, 0.05) is 6.92 Å². The van der Waals surface area contributed by atoms with Crippen LogP contribution in [0.25, 0.3) is 0 Å². The average molecular weight is 170 g/mol. The lowest BCUT2D eigenvalue weighted by Crippen LogP contribution is -2.33. The maximum absolute atomic E-state index is 10.5. The Balaban J connectivity index is 3.98. The van der Waals surface area contributed by atoms with E-state index in [2.05, 4.69) is 13.2 Å². The van der Waals surface area contributed by atoms with Crippen molar-refractivity contribution < 1.29 is 9.53 Å². The predicted molar refractivity (Wildman–Crippen MR) is 48.6 cm³/mol. The standard InChI is InChI=1S/C8H14O2Si/c1-5-11(4,6-2)7-10-8(3)9/h5-6H,1-2,7H2,3-4H3. The Morgan fingerprint density at radius 2 is 2.00 bits per heavy atom. The van der Waals surface area contributed by atoms with Crippen LogP contribution in [-0.4, -0.2) is 20.3 Å². The summed E-state index contributed by atoms with van der Waals surface area (Å²) in [5.41, 5.74) is 3.70. The Bertz CT molecular complexity index is 167. The van der Waals surface area contributed by atoms with Crippen molar-refractivity contribution in [2.45, 2.75) is 13.5 Å². The first-order valence-electron chi connectivity index (χ1n) is 3.44. The van der Waals surface area contributed by atoms with Crippen molar-refractivity contribution in [1.82, 2.24) is 0 Å². The van der Waals surface area contributed by atoms with Gasteiger partial charge in [-0.2, -0.15) is 0 Å². The molecule has 11 heavy (non-hydrogen) atoms. The highest BCUT2D eigenvalue weighted by Crippen LogP contribution is 2.05. The Labute approximate surface area is 68.6 Å². The summed E-state index contributed by atoms with van der Waals surface area (Å²) in [4.78, 5) is 10.5. The fourth-order valence-corrected chi connectivity index (χ4v) is 1.37. The van der Waals surface area contributed by atoms with E-state index in [4.69, 9.17) is 4.74 Å². The maximum Gasteiger partial charge on any atom is 0.302 e. The van der Waals surface area contributed by atoms with Crippen LogP contribution in [0.1, 0.15) is 6.92 Å². The van der Waals surface area contributed by atoms with Gasteiger partial charge in [-0.15, -0.1) is 13.2 Å². The van der Waals surface area contributed by atoms with Crippen molar-refractivity contribution in [1.29, 1.82) is 0 Å². The third-order valence-corrected chi connectivity index (χ3v) is 4.15. The molecule has 0 aliphatic rings. The third kappa shape index (κ3) is 3.78. The van der Waals surface area contributed by atoms with Crippen molar-refractivity contribution in [2.24, 2.45) is 0 Å². The van der Waals surface area contributed by atoms with E-state index in [1.54, 1.807) is 0 Å². The highest BCUT2D eigenvalue weighted by atomic mass is 28.3. The summed E-state index contributed by atoms with van der Waals surface area (Å²) < 4.78 is 4.87. The zero-order valence-electron chi connectivity index (χ0n) is 7.09. The van der Waals surface area contributed by atoms with E-state index in [-0.39, 0.29) is 5.97 Å². The summed E-state index contributed by atoms with van der Waals surface area (Å²) >= 11 is 0. The van der Waals surface area contributed by atoms with Crippen LogP contribution in [0.3, 0.4) is 0 Å². The molecule has 0 heterocycles. The summed E-state index contributed by atoms with van der Waals surface area (Å²) in [6.07, 6.45) is 0.454. The monoisotopic (exact) mass is 170 g/mol. The van der Waals surface area contributed by atoms with E-state index < -0.39 is 8.07 Å². The van der Waals surface area contributed by atoms with Gasteiger partial charge in [0.1, 0.15) is 8.07 Å². The molecule has 0 fully saturated rings. The molecule has 0 aliphatic carbocycles. The summed E-state index contributed by atoms with van der Waals surface area (Å²) in [7, 11) is -1.68. The zero-order chi connectivity index (χ0) is 8.91. The molecule has 0 spiro atoms. The number of carbonyl (C=O) groups excluding carboxylic acids is 1. The second-order valence-corrected chi connectivity index (χ2v) is 6.81. The van der Waals surface area contributed by atoms with E-state index >= 15 is 0 Å². The normalized spacial score (nSPS) is 10.4. The molecule has 0 aromatic carbocycles. The van der Waals surface area contributed by atoms with E-state index in [1.165, 1.54) is 6.92 Å². The van der Waals surface area contributed by atoms with Crippen LogP contribution in [0.2, 0.25) is 6.55 Å². The molecule has 0 rings (SSSR count). The number of rotatable bonds is 4. The van der Waals surface area contributed by atoms with Gasteiger partial charge in [0.15, 0.2) is 0 Å². The molecule has 0 aliphatic heterocycles. The lowest BCUT2D eigenvalue weighted by Gasteiger charge is -2.16. The first-order chi connectivity index (χ1) is 5.04. The van der Waals surface area contributed by atoms with E-state index in [0.29, 0.717) is 6.23 Å². The Morgan fingerprint density at radius 1 is 1.55 bits per heavy atom. The minimum absolute atomic E-state index is 0.243. The molecule has 0 unspecified atom stereocenters. The molecule has 0 saturated heterocycles. The second kappa shape index (κ2) is 4.13. The third-order valence-electron chi connectivity index (χ3n) is 1.52. The highest BCUT2D eigenvalue weighted by Gasteiger charge is 2.20. The van der Waals surface area contributed by atoms with Gasteiger partial charge in [-0.1, -0.05) is 17.9 Å². The van der Waals surface area contributed by atoms with E-state index in [1.807, 2.05) is 17.9 Å². The Hall–Kier alpha value is -0.833. The summed E-state index contributed by atoms with van der Waals surface area (Å²) in [5.74, 6) is -0.243. The van der Waals surface area contributed by atoms with Crippen LogP contribution in [-0.2, 0) is 9.53 Å². The second-order valence-electron chi connectivity index (χ2n) is 2.69. The Morgan fingerprint density at radius 3 is 2.27 bits per heavy atom. The van der Waals surface area contributed by atoms with Crippen LogP contribution in [0, 0.1) is 0 Å². The lowest BCUT2D eigenvalue weighted by molar-refractivity contribution is -0.139. The number of carbonyl (C=O) groups is 1. The van der Waals surface area contributed by atoms with E-state index in [0.717, 1.165) is 0 Å². The molecular formula is C8H14O2Si. The van der Waals surface area contributed by atoms with Gasteiger partial charge >= 0.3 is 5.97 Å². The molecule has 2 nitrogen and oxygen atoms in total. The van der Waals surface area contributed by atoms with Crippen LogP contribution < -0.4 is 0 Å². The fraction of sp³-hybridized carbons (Fsp3) is 0.375. The van der Waals surface area contributed by atoms with Crippen molar-refractivity contribution in [3.05, 3.63) is 24.6 Å². The molecule has 0 bridgehead atoms. The molecule has 0 radical (unpaired) electrons. The van der Waals surface area contributed by atoms with Crippen LogP contribution in [0.15, 0.2) is 24.6 Å². The Kier molecular flexibility index (Phi) is 3.82. The van der Waals surface area contributed by atoms with Crippen LogP contribution >= 0.6 is 0 Å². The topological polar surface area (TPSA) is 26.3 Å². The summed E-state index contributed by atoms with van der Waals surface area (Å²) in [6, 6.07) is 0. The molecule has 0 aromatic heterocycles. The summed E-state index contributed by atoms with van der Waals surface area (Å²) in [5, 5.41) is 0. The molecule has 3 heteroatoms. The van der Waals surface area contributed by atoms with Gasteiger partial charge in [-0.3, -0.25) is 4.79 Å². The van der Waals surface area contributed by atoms with E-state index in [9.17, 15) is 4.79 Å². The van der Waals surface area contributed by atoms with Crippen molar-refractivity contribution in [3.8, 4) is 0 Å². The van der Waals surface area contributed by atoms with Gasteiger partial charge in [0.2, 0.25) is 0 Å². The first kappa shape index (κ1) is 10.2.